The Balaban J connectivity index is 0.00000442. The smallest absolute Gasteiger partial charge is 0.416 e. The van der Waals surface area contributed by atoms with Gasteiger partial charge in [-0.2, -0.15) is 57.3 Å². The van der Waals surface area contributed by atoms with Gasteiger partial charge in [0.1, 0.15) is 0 Å². The van der Waals surface area contributed by atoms with Crippen LogP contribution in [-0.2, 0) is 37.5 Å². The van der Waals surface area contributed by atoms with E-state index < -0.39 is 58.1 Å². The first-order valence-electron chi connectivity index (χ1n) is 12.6. The molecule has 4 aromatic rings. The summed E-state index contributed by atoms with van der Waals surface area (Å²) in [5.41, 5.74) is -6.10. The number of nitrogens with zero attached hydrogens (tertiary/aromatic N) is 1. The van der Waals surface area contributed by atoms with Crippen molar-refractivity contribution in [2.75, 3.05) is 0 Å². The number of aromatic nitrogens is 1. The lowest BCUT2D eigenvalue weighted by atomic mass is 9.91. The van der Waals surface area contributed by atoms with Gasteiger partial charge in [0.25, 0.3) is 0 Å². The zero-order valence-electron chi connectivity index (χ0n) is 21.9. The van der Waals surface area contributed by atoms with Crippen LogP contribution >= 0.6 is 11.3 Å². The van der Waals surface area contributed by atoms with Crippen LogP contribution in [0.15, 0.2) is 60.1 Å². The number of hydrogen-bond acceptors (Lipinski definition) is 1. The molecule has 0 unspecified atom stereocenters. The van der Waals surface area contributed by atoms with Gasteiger partial charge in [-0.3, -0.25) is 0 Å². The summed E-state index contributed by atoms with van der Waals surface area (Å²) < 4.78 is 166. The Bertz CT molecular complexity index is 1520. The standard InChI is InChI=1S/C29H18F12NS.ClH/c30-26(31,32)17-8-15(9-18(12-17)27(33,34)35)21-4-3-5-22(25(21)42-14-43-24-7-2-1-6-23(24)42)16-10-19(28(36,37)38)13-20(11-16)29(39,40)41;/h3-5,8-14H,1-2,6-7H2;1H/q+1;/p-1. The van der Waals surface area contributed by atoms with Crippen LogP contribution in [-0.4, -0.2) is 0 Å². The van der Waals surface area contributed by atoms with Gasteiger partial charge in [-0.25, -0.2) is 0 Å². The highest BCUT2D eigenvalue weighted by Crippen LogP contribution is 2.44. The Morgan fingerprint density at radius 2 is 0.932 bits per heavy atom. The lowest BCUT2D eigenvalue weighted by Gasteiger charge is -2.18. The summed E-state index contributed by atoms with van der Waals surface area (Å²) in [7, 11) is 0. The van der Waals surface area contributed by atoms with Gasteiger partial charge in [-0.15, -0.1) is 0 Å². The number of fused-ring (bicyclic) bond motifs is 1. The molecule has 0 spiro atoms. The average Bonchev–Trinajstić information content (AvgIpc) is 3.34. The summed E-state index contributed by atoms with van der Waals surface area (Å²) in [6.45, 7) is 0. The molecule has 3 aromatic carbocycles. The Labute approximate surface area is 252 Å². The van der Waals surface area contributed by atoms with Crippen LogP contribution in [0.5, 0.6) is 0 Å². The number of hydrogen-bond donors (Lipinski definition) is 0. The second-order valence-electron chi connectivity index (χ2n) is 9.96. The number of halogens is 13. The maximum atomic E-state index is 13.7. The molecule has 44 heavy (non-hydrogen) atoms. The largest absolute Gasteiger partial charge is 1.00 e. The van der Waals surface area contributed by atoms with Crippen molar-refractivity contribution in [3.63, 3.8) is 0 Å². The first-order chi connectivity index (χ1) is 19.8. The van der Waals surface area contributed by atoms with Crippen LogP contribution in [0.25, 0.3) is 27.9 Å². The quantitative estimate of drug-likeness (QED) is 0.158. The highest BCUT2D eigenvalue weighted by atomic mass is 35.5. The number of para-hydroxylation sites is 1. The van der Waals surface area contributed by atoms with Crippen LogP contribution in [0, 0.1) is 0 Å². The molecular weight excluding hydrogens is 658 g/mol. The molecule has 236 valence electrons. The van der Waals surface area contributed by atoms with E-state index in [4.69, 9.17) is 0 Å². The second kappa shape index (κ2) is 11.6. The first kappa shape index (κ1) is 33.6. The van der Waals surface area contributed by atoms with Crippen molar-refractivity contribution < 1.29 is 69.7 Å². The van der Waals surface area contributed by atoms with Gasteiger partial charge in [-0.1, -0.05) is 17.4 Å². The van der Waals surface area contributed by atoms with Crippen molar-refractivity contribution in [1.82, 2.24) is 0 Å². The number of rotatable bonds is 3. The Morgan fingerprint density at radius 3 is 1.32 bits per heavy atom. The molecule has 1 aliphatic carbocycles. The molecule has 0 radical (unpaired) electrons. The van der Waals surface area contributed by atoms with Crippen molar-refractivity contribution in [2.24, 2.45) is 0 Å². The molecule has 0 saturated heterocycles. The van der Waals surface area contributed by atoms with E-state index in [1.165, 1.54) is 33.5 Å². The minimum Gasteiger partial charge on any atom is -1.00 e. The Morgan fingerprint density at radius 1 is 0.545 bits per heavy atom. The van der Waals surface area contributed by atoms with E-state index in [2.05, 4.69) is 0 Å². The van der Waals surface area contributed by atoms with Crippen LogP contribution in [0.2, 0.25) is 0 Å². The Kier molecular flexibility index (Phi) is 8.86. The normalized spacial score (nSPS) is 14.3. The third kappa shape index (κ3) is 6.70. The third-order valence-corrected chi connectivity index (χ3v) is 8.10. The van der Waals surface area contributed by atoms with Crippen molar-refractivity contribution in [3.8, 4) is 27.9 Å². The van der Waals surface area contributed by atoms with Crippen molar-refractivity contribution in [3.05, 3.63) is 92.9 Å². The zero-order valence-corrected chi connectivity index (χ0v) is 23.4. The topological polar surface area (TPSA) is 3.88 Å². The molecule has 1 aliphatic rings. The fraction of sp³-hybridized carbons (Fsp3) is 0.276. The van der Waals surface area contributed by atoms with Crippen molar-refractivity contribution >= 4 is 11.3 Å². The summed E-state index contributed by atoms with van der Waals surface area (Å²) in [4.78, 5) is 0.840. The van der Waals surface area contributed by atoms with Crippen molar-refractivity contribution in [2.45, 2.75) is 50.4 Å². The maximum absolute atomic E-state index is 13.7. The fourth-order valence-corrected chi connectivity index (χ4v) is 6.16. The predicted molar refractivity (Wildman–Crippen MR) is 133 cm³/mol. The number of thiazole rings is 1. The molecule has 0 saturated carbocycles. The molecule has 1 aromatic heterocycles. The summed E-state index contributed by atoms with van der Waals surface area (Å²) in [6, 6.07) is 5.32. The van der Waals surface area contributed by atoms with E-state index in [9.17, 15) is 52.7 Å². The summed E-state index contributed by atoms with van der Waals surface area (Å²) in [6.07, 6.45) is -18.3. The molecule has 0 bridgehead atoms. The maximum Gasteiger partial charge on any atom is 0.416 e. The van der Waals surface area contributed by atoms with Gasteiger partial charge in [-0.05, 0) is 78.9 Å². The van der Waals surface area contributed by atoms with Crippen LogP contribution in [0.3, 0.4) is 0 Å². The van der Waals surface area contributed by atoms with E-state index >= 15 is 0 Å². The van der Waals surface area contributed by atoms with Gasteiger partial charge < -0.3 is 12.4 Å². The van der Waals surface area contributed by atoms with Gasteiger partial charge in [0, 0.05) is 6.42 Å². The fourth-order valence-electron chi connectivity index (χ4n) is 5.10. The molecule has 15 heteroatoms. The van der Waals surface area contributed by atoms with E-state index in [-0.39, 0.29) is 41.4 Å². The molecule has 0 amide bonds. The summed E-state index contributed by atoms with van der Waals surface area (Å²) >= 11 is 1.23. The monoisotopic (exact) mass is 675 g/mol. The molecule has 0 aliphatic heterocycles. The Hall–Kier alpha value is -3.26. The summed E-state index contributed by atoms with van der Waals surface area (Å²) in [5, 5.41) is 0. The molecular formula is C29H18ClF12NS. The van der Waals surface area contributed by atoms with Gasteiger partial charge >= 0.3 is 24.7 Å². The minimum absolute atomic E-state index is 0. The van der Waals surface area contributed by atoms with E-state index in [0.717, 1.165) is 17.4 Å². The highest BCUT2D eigenvalue weighted by Gasteiger charge is 2.40. The van der Waals surface area contributed by atoms with Crippen LogP contribution in [0.4, 0.5) is 52.7 Å². The first-order valence-corrected chi connectivity index (χ1v) is 13.5. The van der Waals surface area contributed by atoms with E-state index in [0.29, 0.717) is 49.2 Å². The molecule has 0 N–H and O–H groups in total. The lowest BCUT2D eigenvalue weighted by molar-refractivity contribution is -0.598. The molecule has 0 atom stereocenters. The van der Waals surface area contributed by atoms with Gasteiger partial charge in [0.05, 0.1) is 38.3 Å². The second-order valence-corrected chi connectivity index (χ2v) is 10.9. The van der Waals surface area contributed by atoms with Gasteiger partial charge in [0.2, 0.25) is 16.9 Å². The number of aryl methyl sites for hydroxylation is 1. The van der Waals surface area contributed by atoms with E-state index in [1.807, 2.05) is 0 Å². The minimum atomic E-state index is -5.19. The SMILES string of the molecule is FC(F)(F)c1cc(-c2cccc(-c3cc(C(F)(F)F)cc(C(F)(F)F)c3)c2-[n+]2csc3c2CCCC3)cc(C(F)(F)F)c1.[Cl-]. The van der Waals surface area contributed by atoms with Crippen molar-refractivity contribution in [1.29, 1.82) is 0 Å². The predicted octanol–water partition coefficient (Wildman–Crippen LogP) is 7.32. The molecule has 1 heterocycles. The molecule has 1 nitrogen and oxygen atoms in total. The number of alkyl halides is 12. The average molecular weight is 676 g/mol. The van der Waals surface area contributed by atoms with Crippen LogP contribution < -0.4 is 17.0 Å². The highest BCUT2D eigenvalue weighted by molar-refractivity contribution is 7.09. The van der Waals surface area contributed by atoms with Crippen LogP contribution in [0.1, 0.15) is 45.7 Å². The van der Waals surface area contributed by atoms with E-state index in [1.54, 1.807) is 0 Å². The van der Waals surface area contributed by atoms with Gasteiger partial charge in [0.15, 0.2) is 0 Å². The summed E-state index contributed by atoms with van der Waals surface area (Å²) in [5.74, 6) is 0. The molecule has 0 fully saturated rings. The lowest BCUT2D eigenvalue weighted by Crippen LogP contribution is -3.00. The zero-order chi connectivity index (χ0) is 31.5. The number of benzene rings is 3. The third-order valence-electron chi connectivity index (χ3n) is 7.05. The molecule has 5 rings (SSSR count).